The molecule has 0 aliphatic carbocycles. The molecular weight excluding hydrogens is 474 g/mol. The van der Waals surface area contributed by atoms with Gasteiger partial charge in [0.25, 0.3) is 0 Å². The molecule has 2 N–H and O–H groups in total. The number of rotatable bonds is 9. The Balaban J connectivity index is 1.46. The number of carbonyl (C=O) groups excluding carboxylic acids is 1. The van der Waals surface area contributed by atoms with Gasteiger partial charge in [-0.05, 0) is 71.3 Å². The van der Waals surface area contributed by atoms with Crippen LogP contribution in [0.1, 0.15) is 47.0 Å². The summed E-state index contributed by atoms with van der Waals surface area (Å²) in [5.74, 6) is 1.64. The monoisotopic (exact) mass is 513 g/mol. The highest BCUT2D eigenvalue weighted by atomic mass is 32.1. The molecular formula is C26H39N7O2S. The van der Waals surface area contributed by atoms with Crippen molar-refractivity contribution in [2.75, 3.05) is 50.6 Å². The van der Waals surface area contributed by atoms with Crippen LogP contribution in [0.5, 0.6) is 5.75 Å². The molecule has 1 atom stereocenters. The largest absolute Gasteiger partial charge is 0.497 e. The Morgan fingerprint density at radius 2 is 2.00 bits per heavy atom. The maximum absolute atomic E-state index is 12.6. The van der Waals surface area contributed by atoms with Crippen LogP contribution in [-0.2, 0) is 4.79 Å². The van der Waals surface area contributed by atoms with Gasteiger partial charge in [-0.3, -0.25) is 9.69 Å². The average Bonchev–Trinajstić information content (AvgIpc) is 3.39. The van der Waals surface area contributed by atoms with Gasteiger partial charge in [0.2, 0.25) is 16.0 Å². The third-order valence-electron chi connectivity index (χ3n) is 6.42. The highest BCUT2D eigenvalue weighted by molar-refractivity contribution is 7.20. The van der Waals surface area contributed by atoms with E-state index in [2.05, 4.69) is 43.2 Å². The van der Waals surface area contributed by atoms with Crippen molar-refractivity contribution in [2.45, 2.75) is 58.5 Å². The highest BCUT2D eigenvalue weighted by Gasteiger charge is 2.24. The van der Waals surface area contributed by atoms with Crippen molar-refractivity contribution in [1.82, 2.24) is 24.8 Å². The summed E-state index contributed by atoms with van der Waals surface area (Å²) in [5.41, 5.74) is 1.64. The Bertz CT molecular complexity index is 1170. The van der Waals surface area contributed by atoms with Crippen molar-refractivity contribution in [3.05, 3.63) is 24.3 Å². The first kappa shape index (κ1) is 26.2. The van der Waals surface area contributed by atoms with E-state index < -0.39 is 0 Å². The summed E-state index contributed by atoms with van der Waals surface area (Å²) in [7, 11) is 3.55. The number of hydrogen-bond acceptors (Lipinski definition) is 8. The first-order valence-electron chi connectivity index (χ1n) is 12.7. The van der Waals surface area contributed by atoms with E-state index in [9.17, 15) is 4.79 Å². The quantitative estimate of drug-likeness (QED) is 0.445. The molecule has 9 nitrogen and oxygen atoms in total. The predicted octanol–water partition coefficient (Wildman–Crippen LogP) is 4.10. The Labute approximate surface area is 217 Å². The minimum absolute atomic E-state index is 0.00182. The van der Waals surface area contributed by atoms with E-state index in [-0.39, 0.29) is 18.0 Å². The topological polar surface area (TPSA) is 87.0 Å². The summed E-state index contributed by atoms with van der Waals surface area (Å²) in [6, 6.07) is 8.47. The first-order chi connectivity index (χ1) is 17.1. The first-order valence-corrected chi connectivity index (χ1v) is 13.5. The van der Waals surface area contributed by atoms with E-state index in [0.717, 1.165) is 46.0 Å². The molecule has 3 aromatic rings. The number of aromatic nitrogens is 3. The van der Waals surface area contributed by atoms with Gasteiger partial charge in [-0.1, -0.05) is 17.8 Å². The molecule has 1 amide bonds. The third kappa shape index (κ3) is 6.28. The zero-order valence-corrected chi connectivity index (χ0v) is 23.1. The molecule has 0 saturated carbocycles. The number of likely N-dealkylation sites (tertiary alicyclic amines) is 1. The van der Waals surface area contributed by atoms with Crippen LogP contribution in [0.15, 0.2) is 24.3 Å². The number of likely N-dealkylation sites (N-methyl/N-ethyl adjacent to an activating group) is 1. The van der Waals surface area contributed by atoms with E-state index >= 15 is 0 Å². The molecule has 36 heavy (non-hydrogen) atoms. The van der Waals surface area contributed by atoms with Gasteiger partial charge in [-0.2, -0.15) is 4.52 Å². The zero-order chi connectivity index (χ0) is 25.9. The van der Waals surface area contributed by atoms with Crippen molar-refractivity contribution < 1.29 is 9.53 Å². The van der Waals surface area contributed by atoms with Crippen LogP contribution in [-0.4, -0.2) is 77.3 Å². The molecule has 1 aliphatic rings. The standard InChI is InChI=1S/C26H39N7O2S/c1-18-9-7-8-15-32(18)16-14-27-21(34)17-31(5)25-30-33-23(29-26(2,3)4)22(28-24(33)36-25)19-10-12-20(35-6)13-11-19/h10-13,18,29H,7-9,14-17H2,1-6H3,(H,27,34)/t18-/m1/s1. The smallest absolute Gasteiger partial charge is 0.239 e. The number of imidazole rings is 1. The van der Waals surface area contributed by atoms with Crippen molar-refractivity contribution in [1.29, 1.82) is 0 Å². The van der Waals surface area contributed by atoms with Gasteiger partial charge in [-0.15, -0.1) is 5.10 Å². The minimum Gasteiger partial charge on any atom is -0.497 e. The fourth-order valence-corrected chi connectivity index (χ4v) is 5.34. The number of piperidine rings is 1. The Morgan fingerprint density at radius 3 is 2.67 bits per heavy atom. The van der Waals surface area contributed by atoms with Gasteiger partial charge >= 0.3 is 0 Å². The van der Waals surface area contributed by atoms with Crippen LogP contribution < -0.4 is 20.3 Å². The van der Waals surface area contributed by atoms with Crippen molar-refractivity contribution in [3.8, 4) is 17.0 Å². The van der Waals surface area contributed by atoms with Crippen LogP contribution in [0.3, 0.4) is 0 Å². The summed E-state index contributed by atoms with van der Waals surface area (Å²) < 4.78 is 7.15. The molecule has 1 fully saturated rings. The molecule has 4 rings (SSSR count). The number of carbonyl (C=O) groups is 1. The molecule has 196 valence electrons. The van der Waals surface area contributed by atoms with Crippen molar-refractivity contribution >= 4 is 33.2 Å². The number of amides is 1. The number of fused-ring (bicyclic) bond motifs is 1. The number of ether oxygens (including phenoxy) is 1. The molecule has 0 spiro atoms. The van der Waals surface area contributed by atoms with Gasteiger partial charge < -0.3 is 20.3 Å². The fraction of sp³-hybridized carbons (Fsp3) is 0.577. The number of anilines is 2. The van der Waals surface area contributed by atoms with Crippen LogP contribution >= 0.6 is 11.3 Å². The fourth-order valence-electron chi connectivity index (χ4n) is 4.48. The number of methoxy groups -OCH3 is 1. The zero-order valence-electron chi connectivity index (χ0n) is 22.3. The molecule has 1 aromatic carbocycles. The third-order valence-corrected chi connectivity index (χ3v) is 7.44. The lowest BCUT2D eigenvalue weighted by Crippen LogP contribution is -2.44. The number of nitrogens with zero attached hydrogens (tertiary/aromatic N) is 5. The summed E-state index contributed by atoms with van der Waals surface area (Å²) in [5, 5.41) is 12.2. The molecule has 1 aliphatic heterocycles. The second kappa shape index (κ2) is 11.0. The van der Waals surface area contributed by atoms with Crippen molar-refractivity contribution in [2.24, 2.45) is 0 Å². The van der Waals surface area contributed by atoms with E-state index in [4.69, 9.17) is 14.8 Å². The lowest BCUT2D eigenvalue weighted by molar-refractivity contribution is -0.119. The maximum Gasteiger partial charge on any atom is 0.239 e. The van der Waals surface area contributed by atoms with Gasteiger partial charge in [0.05, 0.1) is 13.7 Å². The minimum atomic E-state index is -0.182. The van der Waals surface area contributed by atoms with Crippen LogP contribution in [0, 0.1) is 0 Å². The van der Waals surface area contributed by atoms with Crippen LogP contribution in [0.25, 0.3) is 16.2 Å². The van der Waals surface area contributed by atoms with Gasteiger partial charge in [0.1, 0.15) is 11.4 Å². The highest BCUT2D eigenvalue weighted by Crippen LogP contribution is 2.35. The maximum atomic E-state index is 12.6. The Morgan fingerprint density at radius 1 is 1.25 bits per heavy atom. The van der Waals surface area contributed by atoms with E-state index in [0.29, 0.717) is 12.6 Å². The number of hydrogen-bond donors (Lipinski definition) is 2. The molecule has 2 aromatic heterocycles. The summed E-state index contributed by atoms with van der Waals surface area (Å²) >= 11 is 1.47. The summed E-state index contributed by atoms with van der Waals surface area (Å²) in [6.45, 7) is 11.5. The lowest BCUT2D eigenvalue weighted by Gasteiger charge is -2.33. The normalized spacial score (nSPS) is 16.8. The van der Waals surface area contributed by atoms with Crippen LogP contribution in [0.2, 0.25) is 0 Å². The summed E-state index contributed by atoms with van der Waals surface area (Å²) in [6.07, 6.45) is 3.80. The van der Waals surface area contributed by atoms with Crippen molar-refractivity contribution in [3.63, 3.8) is 0 Å². The lowest BCUT2D eigenvalue weighted by atomic mass is 10.0. The molecule has 0 bridgehead atoms. The summed E-state index contributed by atoms with van der Waals surface area (Å²) in [4.78, 5) is 22.6. The van der Waals surface area contributed by atoms with E-state index in [1.807, 2.05) is 40.7 Å². The van der Waals surface area contributed by atoms with E-state index in [1.54, 1.807) is 7.11 Å². The van der Waals surface area contributed by atoms with Gasteiger partial charge in [-0.25, -0.2) is 4.98 Å². The molecule has 0 radical (unpaired) electrons. The van der Waals surface area contributed by atoms with Gasteiger partial charge in [0.15, 0.2) is 5.82 Å². The average molecular weight is 514 g/mol. The van der Waals surface area contributed by atoms with E-state index in [1.165, 1.54) is 30.6 Å². The SMILES string of the molecule is COc1ccc(-c2nc3sc(N(C)CC(=O)NCCN4CCCC[C@H]4C)nn3c2NC(C)(C)C)cc1. The number of nitrogens with one attached hydrogen (secondary N) is 2. The van der Waals surface area contributed by atoms with Gasteiger partial charge in [0, 0.05) is 37.3 Å². The molecule has 0 unspecified atom stereocenters. The number of benzene rings is 1. The second-order valence-corrected chi connectivity index (χ2v) is 11.5. The second-order valence-electron chi connectivity index (χ2n) is 10.6. The Kier molecular flexibility index (Phi) is 8.04. The predicted molar refractivity (Wildman–Crippen MR) is 147 cm³/mol. The van der Waals surface area contributed by atoms with Crippen LogP contribution in [0.4, 0.5) is 10.9 Å². The molecule has 10 heteroatoms. The Hall–Kier alpha value is -2.85. The molecule has 3 heterocycles. The molecule has 1 saturated heterocycles.